The number of hydrogen-bond donors (Lipinski definition) is 3. The lowest BCUT2D eigenvalue weighted by molar-refractivity contribution is 0.102. The normalized spacial score (nSPS) is 11.9. The van der Waals surface area contributed by atoms with Gasteiger partial charge in [-0.2, -0.15) is 10.2 Å². The number of hydrogen-bond acceptors (Lipinski definition) is 5. The Bertz CT molecular complexity index is 1510. The molecule has 5 aromatic rings. The van der Waals surface area contributed by atoms with Gasteiger partial charge in [-0.25, -0.2) is 18.4 Å². The van der Waals surface area contributed by atoms with Crippen LogP contribution in [0.2, 0.25) is 0 Å². The first kappa shape index (κ1) is 21.5. The summed E-state index contributed by atoms with van der Waals surface area (Å²) in [5.41, 5.74) is 4.55. The number of aryl methyl sites for hydroxylation is 1. The maximum atomic E-state index is 13.1. The van der Waals surface area contributed by atoms with Crippen molar-refractivity contribution < 1.29 is 13.6 Å². The molecule has 3 aromatic heterocycles. The van der Waals surface area contributed by atoms with E-state index in [1.807, 2.05) is 31.2 Å². The zero-order valence-corrected chi connectivity index (χ0v) is 18.7. The Balaban J connectivity index is 1.52. The van der Waals surface area contributed by atoms with Crippen molar-refractivity contribution >= 4 is 34.3 Å². The van der Waals surface area contributed by atoms with Gasteiger partial charge in [0.2, 0.25) is 0 Å². The third kappa shape index (κ3) is 4.29. The lowest BCUT2D eigenvalue weighted by Gasteiger charge is -2.08. The van der Waals surface area contributed by atoms with Crippen LogP contribution in [0.25, 0.3) is 22.6 Å². The number of carbonyl (C=O) groups is 1. The Morgan fingerprint density at radius 2 is 1.85 bits per heavy atom. The molecule has 5 rings (SSSR count). The largest absolute Gasteiger partial charge is 0.306 e. The lowest BCUT2D eigenvalue weighted by atomic mass is 10.1. The zero-order chi connectivity index (χ0) is 23.7. The highest BCUT2D eigenvalue weighted by Gasteiger charge is 2.18. The number of carbonyl (C=O) groups excluding carboxylic acids is 1. The second-order valence-electron chi connectivity index (χ2n) is 7.49. The van der Waals surface area contributed by atoms with Crippen molar-refractivity contribution in [3.8, 4) is 16.9 Å². The highest BCUT2D eigenvalue weighted by Crippen LogP contribution is 2.27. The number of nitrogens with one attached hydrogen (secondary N) is 2. The number of fused-ring (bicyclic) bond motifs is 1. The highest BCUT2D eigenvalue weighted by atomic mass is 32.2. The third-order valence-electron chi connectivity index (χ3n) is 5.14. The molecule has 0 saturated heterocycles. The van der Waals surface area contributed by atoms with Crippen molar-refractivity contribution in [1.82, 2.24) is 24.4 Å². The molecule has 10 nitrogen and oxygen atoms in total. The van der Waals surface area contributed by atoms with Crippen LogP contribution in [0.3, 0.4) is 0 Å². The summed E-state index contributed by atoms with van der Waals surface area (Å²) in [7, 11) is 0. The van der Waals surface area contributed by atoms with Crippen LogP contribution in [-0.4, -0.2) is 39.0 Å². The minimum Gasteiger partial charge on any atom is -0.306 e. The third-order valence-corrected chi connectivity index (χ3v) is 5.55. The van der Waals surface area contributed by atoms with Gasteiger partial charge in [-0.1, -0.05) is 29.8 Å². The van der Waals surface area contributed by atoms with Crippen LogP contribution in [-0.2, 0) is 11.3 Å². The number of benzene rings is 2. The molecule has 0 spiro atoms. The van der Waals surface area contributed by atoms with Gasteiger partial charge in [0.15, 0.2) is 5.65 Å². The number of aromatic nitrogens is 5. The van der Waals surface area contributed by atoms with Crippen molar-refractivity contribution in [2.24, 2.45) is 0 Å². The molecule has 1 atom stereocenters. The van der Waals surface area contributed by atoms with E-state index >= 15 is 0 Å². The SMILES string of the molecule is Cc1ccc(-n2nc(-c3ccc(NS(=O)O)cc3)cc2NC(=O)c2cnn3cccnc23)cc1. The summed E-state index contributed by atoms with van der Waals surface area (Å²) in [6, 6.07) is 18.2. The summed E-state index contributed by atoms with van der Waals surface area (Å²) in [5.74, 6) is 0.108. The lowest BCUT2D eigenvalue weighted by Crippen LogP contribution is -2.15. The van der Waals surface area contributed by atoms with Gasteiger partial charge in [-0.15, -0.1) is 0 Å². The molecule has 3 heterocycles. The summed E-state index contributed by atoms with van der Waals surface area (Å²) in [4.78, 5) is 17.4. The quantitative estimate of drug-likeness (QED) is 0.323. The Morgan fingerprint density at radius 1 is 1.09 bits per heavy atom. The van der Waals surface area contributed by atoms with E-state index in [4.69, 9.17) is 9.65 Å². The fourth-order valence-corrected chi connectivity index (χ4v) is 3.81. The monoisotopic (exact) mass is 473 g/mol. The summed E-state index contributed by atoms with van der Waals surface area (Å²) in [6.07, 6.45) is 4.80. The van der Waals surface area contributed by atoms with Crippen molar-refractivity contribution in [2.45, 2.75) is 6.92 Å². The summed E-state index contributed by atoms with van der Waals surface area (Å²) < 4.78 is 25.6. The fraction of sp³-hybridized carbons (Fsp3) is 0.0435. The molecule has 34 heavy (non-hydrogen) atoms. The van der Waals surface area contributed by atoms with Crippen LogP contribution >= 0.6 is 0 Å². The summed E-state index contributed by atoms with van der Waals surface area (Å²) >= 11 is -2.16. The topological polar surface area (TPSA) is 126 Å². The Morgan fingerprint density at radius 3 is 2.59 bits per heavy atom. The van der Waals surface area contributed by atoms with E-state index in [1.54, 1.807) is 53.5 Å². The molecule has 0 aliphatic carbocycles. The van der Waals surface area contributed by atoms with Gasteiger partial charge in [-0.3, -0.25) is 14.1 Å². The Hall–Kier alpha value is -4.35. The number of nitrogens with zero attached hydrogens (tertiary/aromatic N) is 5. The van der Waals surface area contributed by atoms with Crippen LogP contribution in [0.15, 0.2) is 79.3 Å². The summed E-state index contributed by atoms with van der Waals surface area (Å²) in [6.45, 7) is 1.99. The van der Waals surface area contributed by atoms with Crippen LogP contribution in [0.1, 0.15) is 15.9 Å². The van der Waals surface area contributed by atoms with Crippen molar-refractivity contribution in [1.29, 1.82) is 0 Å². The molecule has 0 bridgehead atoms. The first-order valence-corrected chi connectivity index (χ1v) is 11.3. The number of rotatable bonds is 6. The molecule has 1 unspecified atom stereocenters. The van der Waals surface area contributed by atoms with Gasteiger partial charge >= 0.3 is 0 Å². The maximum Gasteiger partial charge on any atom is 0.262 e. The number of amides is 1. The van der Waals surface area contributed by atoms with E-state index in [0.717, 1.165) is 16.8 Å². The minimum atomic E-state index is -2.16. The van der Waals surface area contributed by atoms with Crippen LogP contribution in [0.4, 0.5) is 11.5 Å². The van der Waals surface area contributed by atoms with Crippen LogP contribution in [0.5, 0.6) is 0 Å². The number of anilines is 2. The highest BCUT2D eigenvalue weighted by molar-refractivity contribution is 7.80. The second kappa shape index (κ2) is 8.89. The summed E-state index contributed by atoms with van der Waals surface area (Å²) in [5, 5.41) is 11.8. The molecule has 2 aromatic carbocycles. The van der Waals surface area contributed by atoms with Gasteiger partial charge in [0.05, 0.1) is 17.6 Å². The standard InChI is InChI=1S/C23H19N7O3S/c1-15-3-9-18(10-4-15)30-21(26-23(31)19-14-25-29-12-2-11-24-22(19)29)13-20(27-30)16-5-7-17(8-6-16)28-34(32)33/h2-14,28H,1H3,(H,26,31)(H,32,33). The molecule has 11 heteroatoms. The first-order chi connectivity index (χ1) is 16.5. The average molecular weight is 474 g/mol. The molecule has 0 radical (unpaired) electrons. The molecule has 170 valence electrons. The van der Waals surface area contributed by atoms with E-state index < -0.39 is 11.3 Å². The van der Waals surface area contributed by atoms with E-state index in [9.17, 15) is 9.00 Å². The molecule has 0 saturated carbocycles. The molecule has 0 aliphatic heterocycles. The second-order valence-corrected chi connectivity index (χ2v) is 8.19. The van der Waals surface area contributed by atoms with Gasteiger partial charge in [-0.05, 0) is 37.3 Å². The van der Waals surface area contributed by atoms with Gasteiger partial charge < -0.3 is 5.32 Å². The van der Waals surface area contributed by atoms with Crippen LogP contribution < -0.4 is 10.0 Å². The Kier molecular flexibility index (Phi) is 5.62. The predicted molar refractivity (Wildman–Crippen MR) is 129 cm³/mol. The van der Waals surface area contributed by atoms with Gasteiger partial charge in [0.1, 0.15) is 11.4 Å². The smallest absolute Gasteiger partial charge is 0.262 e. The first-order valence-electron chi connectivity index (χ1n) is 10.2. The fourth-order valence-electron chi connectivity index (χ4n) is 3.47. The predicted octanol–water partition coefficient (Wildman–Crippen LogP) is 3.69. The Labute approximate surface area is 196 Å². The molecular weight excluding hydrogens is 454 g/mol. The van der Waals surface area contributed by atoms with Crippen molar-refractivity contribution in [3.05, 3.63) is 90.4 Å². The van der Waals surface area contributed by atoms with Crippen molar-refractivity contribution in [2.75, 3.05) is 10.0 Å². The van der Waals surface area contributed by atoms with Crippen LogP contribution in [0, 0.1) is 6.92 Å². The van der Waals surface area contributed by atoms with Crippen molar-refractivity contribution in [3.63, 3.8) is 0 Å². The molecule has 1 amide bonds. The van der Waals surface area contributed by atoms with Gasteiger partial charge in [0.25, 0.3) is 17.2 Å². The van der Waals surface area contributed by atoms with E-state index in [0.29, 0.717) is 28.4 Å². The maximum absolute atomic E-state index is 13.1. The molecule has 0 aliphatic rings. The molecule has 3 N–H and O–H groups in total. The average Bonchev–Trinajstić information content (AvgIpc) is 3.44. The van der Waals surface area contributed by atoms with E-state index in [-0.39, 0.29) is 5.91 Å². The minimum absolute atomic E-state index is 0.339. The van der Waals surface area contributed by atoms with E-state index in [2.05, 4.69) is 20.1 Å². The zero-order valence-electron chi connectivity index (χ0n) is 17.9. The van der Waals surface area contributed by atoms with E-state index in [1.165, 1.54) is 10.7 Å². The molecular formula is C23H19N7O3S. The molecule has 0 fully saturated rings. The van der Waals surface area contributed by atoms with Gasteiger partial charge in [0, 0.05) is 29.7 Å².